The fraction of sp³-hybridized carbons (Fsp3) is 0.824. The summed E-state index contributed by atoms with van der Waals surface area (Å²) in [5, 5.41) is 58.9. The highest BCUT2D eigenvalue weighted by Gasteiger charge is 2.52. The number of hydrogen-bond donors (Lipinski definition) is 6. The van der Waals surface area contributed by atoms with E-state index in [9.17, 15) is 35.4 Å². The van der Waals surface area contributed by atoms with Gasteiger partial charge in [-0.05, 0) is 0 Å². The lowest BCUT2D eigenvalue weighted by atomic mass is 9.76. The zero-order valence-corrected chi connectivity index (χ0v) is 15.6. The number of carbonyl (C=O) groups is 1. The first-order valence-electron chi connectivity index (χ1n) is 9.16. The molecule has 0 bridgehead atoms. The fourth-order valence-electron chi connectivity index (χ4n) is 3.92. The van der Waals surface area contributed by atoms with Crippen LogP contribution in [0.25, 0.3) is 0 Å². The summed E-state index contributed by atoms with van der Waals surface area (Å²) >= 11 is 0. The molecule has 1 unspecified atom stereocenters. The topological polar surface area (TPSA) is 185 Å². The Kier molecular flexibility index (Phi) is 7.09. The number of aliphatic hydroxyl groups excluding tert-OH is 6. The summed E-state index contributed by atoms with van der Waals surface area (Å²) < 4.78 is 26.5. The Morgan fingerprint density at radius 3 is 2.34 bits per heavy atom. The van der Waals surface area contributed by atoms with Crippen LogP contribution in [0.1, 0.15) is 6.42 Å². The molecule has 3 heterocycles. The highest BCUT2D eigenvalue weighted by molar-refractivity contribution is 5.88. The van der Waals surface area contributed by atoms with Gasteiger partial charge in [0.1, 0.15) is 24.4 Å². The van der Waals surface area contributed by atoms with Crippen molar-refractivity contribution in [3.8, 4) is 0 Å². The molecule has 0 aromatic heterocycles. The van der Waals surface area contributed by atoms with Crippen LogP contribution >= 0.6 is 0 Å². The van der Waals surface area contributed by atoms with Crippen molar-refractivity contribution < 1.29 is 59.1 Å². The van der Waals surface area contributed by atoms with E-state index < -0.39 is 80.4 Å². The van der Waals surface area contributed by atoms with Crippen LogP contribution in [0.15, 0.2) is 11.8 Å². The zero-order chi connectivity index (χ0) is 21.3. The van der Waals surface area contributed by atoms with Crippen molar-refractivity contribution >= 4 is 5.97 Å². The van der Waals surface area contributed by atoms with E-state index in [1.807, 2.05) is 0 Å². The van der Waals surface area contributed by atoms with E-state index in [1.54, 1.807) is 0 Å². The van der Waals surface area contributed by atoms with Crippen LogP contribution in [0.5, 0.6) is 0 Å². The molecular formula is C17H26O12. The van der Waals surface area contributed by atoms with Gasteiger partial charge in [0.2, 0.25) is 6.29 Å². The molecule has 2 saturated heterocycles. The predicted molar refractivity (Wildman–Crippen MR) is 89.4 cm³/mol. The van der Waals surface area contributed by atoms with Crippen molar-refractivity contribution in [2.45, 2.75) is 55.8 Å². The normalized spacial score (nSPS) is 45.0. The average molecular weight is 422 g/mol. The Bertz CT molecular complexity index is 609. The number of fused-ring (bicyclic) bond motifs is 1. The minimum atomic E-state index is -1.66. The number of esters is 1. The van der Waals surface area contributed by atoms with Crippen LogP contribution in [0.4, 0.5) is 0 Å². The maximum Gasteiger partial charge on any atom is 0.337 e. The molecule has 0 aromatic carbocycles. The largest absolute Gasteiger partial charge is 0.471 e. The van der Waals surface area contributed by atoms with Crippen molar-refractivity contribution in [1.82, 2.24) is 0 Å². The molecule has 0 amide bonds. The second kappa shape index (κ2) is 9.20. The number of aliphatic hydroxyl groups is 6. The molecule has 0 aliphatic carbocycles. The molecule has 3 aliphatic heterocycles. The Morgan fingerprint density at radius 1 is 1.03 bits per heavy atom. The van der Waals surface area contributed by atoms with Gasteiger partial charge >= 0.3 is 5.97 Å². The quantitative estimate of drug-likeness (QED) is 0.241. The van der Waals surface area contributed by atoms with E-state index in [-0.39, 0.29) is 12.0 Å². The van der Waals surface area contributed by atoms with Crippen LogP contribution < -0.4 is 0 Å². The summed E-state index contributed by atoms with van der Waals surface area (Å²) in [6.07, 6.45) is -9.87. The summed E-state index contributed by atoms with van der Waals surface area (Å²) in [6.45, 7) is -1.16. The molecule has 12 nitrogen and oxygen atoms in total. The van der Waals surface area contributed by atoms with Gasteiger partial charge in [-0.15, -0.1) is 0 Å². The van der Waals surface area contributed by atoms with Crippen LogP contribution in [0.3, 0.4) is 0 Å². The Labute approximate surface area is 165 Å². The van der Waals surface area contributed by atoms with E-state index in [1.165, 1.54) is 7.11 Å². The minimum absolute atomic E-state index is 0.00000144. The lowest BCUT2D eigenvalue weighted by Gasteiger charge is -2.47. The van der Waals surface area contributed by atoms with E-state index in [4.69, 9.17) is 23.7 Å². The first kappa shape index (κ1) is 22.3. The van der Waals surface area contributed by atoms with Gasteiger partial charge in [-0.2, -0.15) is 0 Å². The Morgan fingerprint density at radius 2 is 1.72 bits per heavy atom. The van der Waals surface area contributed by atoms with Gasteiger partial charge in [-0.3, -0.25) is 0 Å². The molecule has 6 N–H and O–H groups in total. The summed E-state index contributed by atoms with van der Waals surface area (Å²) in [5.74, 6) is -2.14. The molecule has 3 aliphatic rings. The van der Waals surface area contributed by atoms with E-state index in [0.717, 1.165) is 6.26 Å². The number of hydrogen-bond acceptors (Lipinski definition) is 12. The number of carbonyl (C=O) groups excluding carboxylic acids is 1. The van der Waals surface area contributed by atoms with E-state index in [0.29, 0.717) is 0 Å². The fourth-order valence-corrected chi connectivity index (χ4v) is 3.92. The third kappa shape index (κ3) is 4.26. The molecule has 0 spiro atoms. The van der Waals surface area contributed by atoms with Gasteiger partial charge < -0.3 is 54.3 Å². The molecule has 0 radical (unpaired) electrons. The minimum Gasteiger partial charge on any atom is -0.471 e. The smallest absolute Gasteiger partial charge is 0.337 e. The van der Waals surface area contributed by atoms with Gasteiger partial charge in [0, 0.05) is 12.3 Å². The van der Waals surface area contributed by atoms with Crippen molar-refractivity contribution in [2.24, 2.45) is 11.8 Å². The Hall–Kier alpha value is -1.35. The maximum absolute atomic E-state index is 12.1. The van der Waals surface area contributed by atoms with Crippen LogP contribution in [-0.2, 0) is 28.5 Å². The SMILES string of the molecule is COC(=O)C1=CO[C@@H](O[C@@H]2O[C@H](CO)[C@@H](O)[C@H](O)[C@H]2O)[C@@H]2[C@H](CO)OC(O)C[C@H]12. The van der Waals surface area contributed by atoms with Crippen LogP contribution in [0, 0.1) is 11.8 Å². The van der Waals surface area contributed by atoms with E-state index in [2.05, 4.69) is 0 Å². The van der Waals surface area contributed by atoms with Crippen LogP contribution in [0.2, 0.25) is 0 Å². The van der Waals surface area contributed by atoms with E-state index >= 15 is 0 Å². The third-order valence-corrected chi connectivity index (χ3v) is 5.44. The molecule has 29 heavy (non-hydrogen) atoms. The number of rotatable bonds is 5. The summed E-state index contributed by atoms with van der Waals surface area (Å²) in [5.41, 5.74) is 0.118. The van der Waals surface area contributed by atoms with Gasteiger partial charge in [-0.25, -0.2) is 4.79 Å². The molecule has 10 atom stereocenters. The second-order valence-electron chi connectivity index (χ2n) is 7.13. The summed E-state index contributed by atoms with van der Waals surface area (Å²) in [7, 11) is 1.19. The molecule has 0 aromatic rings. The van der Waals surface area contributed by atoms with Gasteiger partial charge in [-0.1, -0.05) is 0 Å². The molecule has 2 fully saturated rings. The lowest BCUT2D eigenvalue weighted by molar-refractivity contribution is -0.354. The maximum atomic E-state index is 12.1. The second-order valence-corrected chi connectivity index (χ2v) is 7.13. The molecular weight excluding hydrogens is 396 g/mol. The molecule has 166 valence electrons. The lowest BCUT2D eigenvalue weighted by Crippen LogP contribution is -2.61. The first-order valence-corrected chi connectivity index (χ1v) is 9.16. The van der Waals surface area contributed by atoms with Gasteiger partial charge in [0.15, 0.2) is 12.6 Å². The van der Waals surface area contributed by atoms with Crippen molar-refractivity contribution in [2.75, 3.05) is 20.3 Å². The standard InChI is InChI=1S/C17H26O12/c1-25-15(24)7-5-26-16(11-6(7)2-10(20)27-8(11)3-18)29-17-14(23)13(22)12(21)9(4-19)28-17/h5-6,8-14,16-23H,2-4H2,1H3/t6-,8+,9-,10?,11+,12-,13+,14-,16+,17+/m1/s1. The number of methoxy groups -OCH3 is 1. The molecule has 0 saturated carbocycles. The van der Waals surface area contributed by atoms with Crippen LogP contribution in [-0.4, -0.2) is 106 Å². The third-order valence-electron chi connectivity index (χ3n) is 5.44. The summed E-state index contributed by atoms with van der Waals surface area (Å²) in [4.78, 5) is 12.1. The highest BCUT2D eigenvalue weighted by atomic mass is 16.8. The monoisotopic (exact) mass is 422 g/mol. The van der Waals surface area contributed by atoms with Gasteiger partial charge in [0.05, 0.1) is 44.2 Å². The average Bonchev–Trinajstić information content (AvgIpc) is 2.72. The Balaban J connectivity index is 1.84. The van der Waals surface area contributed by atoms with Crippen molar-refractivity contribution in [3.05, 3.63) is 11.8 Å². The summed E-state index contributed by atoms with van der Waals surface area (Å²) in [6, 6.07) is 0. The predicted octanol–water partition coefficient (Wildman–Crippen LogP) is -3.45. The molecule has 3 rings (SSSR count). The molecule has 12 heteroatoms. The first-order chi connectivity index (χ1) is 13.8. The number of ether oxygens (including phenoxy) is 5. The van der Waals surface area contributed by atoms with Gasteiger partial charge in [0.25, 0.3) is 0 Å². The van der Waals surface area contributed by atoms with Crippen molar-refractivity contribution in [3.63, 3.8) is 0 Å². The van der Waals surface area contributed by atoms with Crippen molar-refractivity contribution in [1.29, 1.82) is 0 Å². The highest BCUT2D eigenvalue weighted by Crippen LogP contribution is 2.42. The zero-order valence-electron chi connectivity index (χ0n) is 15.6.